The number of aryl methyl sites for hydroxylation is 4. The Morgan fingerprint density at radius 3 is 0.965 bits per heavy atom. The van der Waals surface area contributed by atoms with E-state index in [9.17, 15) is 26.3 Å². The molecule has 16 bridgehead atoms. The number of aliphatic hydroxyl groups excluding tert-OH is 2. The monoisotopic (exact) mass is 2020 g/mol. The normalized spacial score (nSPS) is 39.5. The number of fused-ring (bicyclic) bond motifs is 8. The molecule has 4 N–H and O–H groups in total. The van der Waals surface area contributed by atoms with Gasteiger partial charge in [-0.05, 0) is 327 Å². The van der Waals surface area contributed by atoms with E-state index in [0.717, 1.165) is 137 Å². The van der Waals surface area contributed by atoms with E-state index in [2.05, 4.69) is 117 Å². The molecule has 0 amide bonds. The van der Waals surface area contributed by atoms with Gasteiger partial charge in [-0.25, -0.2) is 8.42 Å². The molecule has 4 saturated heterocycles. The Bertz CT molecular complexity index is 5530. The summed E-state index contributed by atoms with van der Waals surface area (Å²) in [6.07, 6.45) is 36.0. The van der Waals surface area contributed by atoms with E-state index < -0.39 is 31.9 Å². The summed E-state index contributed by atoms with van der Waals surface area (Å²) < 4.78 is 117. The van der Waals surface area contributed by atoms with E-state index in [0.29, 0.717) is 48.6 Å². The Kier molecular flexibility index (Phi) is 30.6. The Morgan fingerprint density at radius 1 is 0.468 bits per heavy atom. The SMILES string of the molecule is C.C.C.C.C.CCO.COC12CC[C@@]3(C[C@@H]1CN)[C@H]1Cc4ccc(C)c5c4[C@@]3(CCN1CC1CC1)C2O5.COC12CC[C@@]3(C[C@@H]1CN=[N+]=[N-])[C@H]1Cc4ccc(C)c5c4[C@@]3(CCN1CC1CC1)C2O5.COC12CC[C@@]3(C[C@@H]1CO)[C@H]1Cc4ccc(C)c5c4[C@@]3(CCN1CC1CC1)C2O5.COC12CC[C@@]3(C[C@@H]1COS(C)(=O)=O)[C@H]1Cc4ccc(C)c5c4[C@@]3(CCN1CC1CC1)C2O5.CS(=O)(=O)Cl.[2H]CF.[N-]=[N+]=[N-].[Na+]. The van der Waals surface area contributed by atoms with Crippen molar-refractivity contribution in [1.82, 2.24) is 19.6 Å². The van der Waals surface area contributed by atoms with E-state index in [1.807, 2.05) is 21.3 Å². The van der Waals surface area contributed by atoms with Crippen LogP contribution in [0.5, 0.6) is 23.0 Å². The number of piperidine rings is 4. The molecule has 16 saturated carbocycles. The first-order chi connectivity index (χ1) is 65.3. The Hall–Kier alpha value is -4.66. The molecule has 20 fully saturated rings. The van der Waals surface area contributed by atoms with Gasteiger partial charge in [-0.15, -0.1) is 0 Å². The van der Waals surface area contributed by atoms with E-state index in [1.165, 1.54) is 209 Å². The Labute approximate surface area is 869 Å². The molecule has 28 aliphatic rings. The fourth-order valence-corrected chi connectivity index (χ4v) is 36.4. The summed E-state index contributed by atoms with van der Waals surface area (Å²) in [5, 5.41) is 22.1. The van der Waals surface area contributed by atoms with Crippen molar-refractivity contribution >= 4 is 29.9 Å². The van der Waals surface area contributed by atoms with Gasteiger partial charge in [0.1, 0.15) is 69.8 Å². The zero-order valence-electron chi connectivity index (χ0n) is 83.4. The average Bonchev–Trinajstić information content (AvgIpc) is 1.28. The number of halogens is 2. The summed E-state index contributed by atoms with van der Waals surface area (Å²) in [6.45, 7) is 22.1. The van der Waals surface area contributed by atoms with E-state index in [4.69, 9.17) is 70.9 Å². The second kappa shape index (κ2) is 39.6. The summed E-state index contributed by atoms with van der Waals surface area (Å²) in [7, 11) is 4.23. The molecule has 8 heterocycles. The van der Waals surface area contributed by atoms with Gasteiger partial charge < -0.3 is 64.9 Å². The topological polar surface area (TPSA) is 338 Å². The summed E-state index contributed by atoms with van der Waals surface area (Å²) in [6, 6.07) is 20.9. The number of benzene rings is 4. The van der Waals surface area contributed by atoms with Gasteiger partial charge in [0, 0.05) is 197 Å². The Balaban J connectivity index is 0.000000135. The second-order valence-corrected chi connectivity index (χ2v) is 51.0. The summed E-state index contributed by atoms with van der Waals surface area (Å²) in [4.78, 5) is 16.1. The largest absolute Gasteiger partial charge is 1.00 e. The van der Waals surface area contributed by atoms with Crippen molar-refractivity contribution < 1.29 is 104 Å². The molecule has 20 aliphatic carbocycles. The molecule has 32 rings (SSSR count). The van der Waals surface area contributed by atoms with Crippen LogP contribution in [0.25, 0.3) is 26.4 Å². The number of methoxy groups -OCH3 is 4. The maximum atomic E-state index is 12.0. The third kappa shape index (κ3) is 15.6. The van der Waals surface area contributed by atoms with Crippen LogP contribution in [0.4, 0.5) is 4.39 Å². The number of likely N-dealkylation sites (tertiary alicyclic amines) is 4. The summed E-state index contributed by atoms with van der Waals surface area (Å²) in [5.41, 5.74) is 45.9. The van der Waals surface area contributed by atoms with Gasteiger partial charge in [0.25, 0.3) is 10.1 Å². The number of hydrogen-bond donors (Lipinski definition) is 3. The van der Waals surface area contributed by atoms with Crippen LogP contribution in [0, 0.1) is 96.7 Å². The number of hydrogen-bond acceptors (Lipinski definition) is 21. The van der Waals surface area contributed by atoms with Crippen LogP contribution in [0.15, 0.2) is 53.6 Å². The minimum absolute atomic E-state index is 0. The van der Waals surface area contributed by atoms with Crippen LogP contribution < -0.4 is 54.2 Å². The van der Waals surface area contributed by atoms with Crippen molar-refractivity contribution in [1.29, 1.82) is 0 Å². The zero-order valence-corrected chi connectivity index (χ0v) is 86.8. The number of nitrogens with two attached hydrogens (primary N) is 1. The maximum Gasteiger partial charge on any atom is 1.00 e. The molecule has 24 atom stereocenters. The van der Waals surface area contributed by atoms with Gasteiger partial charge in [-0.3, -0.25) is 33.1 Å². The Morgan fingerprint density at radius 2 is 0.716 bits per heavy atom. The maximum absolute atomic E-state index is 12.0. The van der Waals surface area contributed by atoms with Gasteiger partial charge in [-0.1, -0.05) is 90.8 Å². The van der Waals surface area contributed by atoms with Crippen molar-refractivity contribution in [3.8, 4) is 23.0 Å². The molecule has 141 heavy (non-hydrogen) atoms. The number of aliphatic hydroxyl groups is 2. The van der Waals surface area contributed by atoms with Crippen molar-refractivity contribution in [2.24, 2.45) is 79.9 Å². The number of ether oxygens (including phenoxy) is 8. The van der Waals surface area contributed by atoms with Gasteiger partial charge in [0.2, 0.25) is 9.05 Å². The van der Waals surface area contributed by atoms with E-state index in [1.54, 1.807) is 30.7 Å². The zero-order chi connectivity index (χ0) is 95.6. The van der Waals surface area contributed by atoms with Crippen molar-refractivity contribution in [2.45, 2.75) is 344 Å². The average molecular weight is 2030 g/mol. The van der Waals surface area contributed by atoms with Gasteiger partial charge in [-0.2, -0.15) is 8.42 Å². The summed E-state index contributed by atoms with van der Waals surface area (Å²) in [5.74, 6) is 9.03. The predicted molar refractivity (Wildman–Crippen MR) is 548 cm³/mol. The number of alkyl halides is 1. The minimum Gasteiger partial charge on any atom is -0.486 e. The molecule has 26 nitrogen and oxygen atoms in total. The predicted octanol–water partition coefficient (Wildman–Crippen LogP) is 15.9. The summed E-state index contributed by atoms with van der Waals surface area (Å²) >= 11 is 0. The smallest absolute Gasteiger partial charge is 0.486 e. The molecular weight excluding hydrogens is 1860 g/mol. The minimum atomic E-state index is -3.52. The quantitative estimate of drug-likeness (QED) is 0.0196. The van der Waals surface area contributed by atoms with Crippen LogP contribution in [0.1, 0.15) is 266 Å². The number of nitrogens with zero attached hydrogens (tertiary/aromatic N) is 10. The number of rotatable bonds is 19. The molecule has 0 radical (unpaired) electrons. The van der Waals surface area contributed by atoms with E-state index in [-0.39, 0.29) is 183 Å². The first-order valence-corrected chi connectivity index (χ1v) is 55.7. The van der Waals surface area contributed by atoms with Gasteiger partial charge >= 0.3 is 29.6 Å². The van der Waals surface area contributed by atoms with Crippen LogP contribution in [-0.2, 0) is 89.6 Å². The van der Waals surface area contributed by atoms with Crippen LogP contribution in [-0.4, -0.2) is 251 Å². The molecule has 0 aromatic heterocycles. The first kappa shape index (κ1) is 109. The van der Waals surface area contributed by atoms with Crippen molar-refractivity contribution in [2.75, 3.05) is 133 Å². The van der Waals surface area contributed by atoms with Crippen LogP contribution in [0.2, 0.25) is 0 Å². The number of azide groups is 1. The van der Waals surface area contributed by atoms with Crippen LogP contribution >= 0.6 is 10.7 Å². The van der Waals surface area contributed by atoms with Crippen molar-refractivity contribution in [3.05, 3.63) is 142 Å². The molecule has 8 unspecified atom stereocenters. The first-order valence-electron chi connectivity index (χ1n) is 51.8. The van der Waals surface area contributed by atoms with Gasteiger partial charge in [0.05, 0.1) is 27.6 Å². The fraction of sp³-hybridized carbons (Fsp3) is 0.782. The van der Waals surface area contributed by atoms with Crippen molar-refractivity contribution in [3.63, 3.8) is 0 Å². The second-order valence-electron chi connectivity index (χ2n) is 46.3. The van der Waals surface area contributed by atoms with Crippen LogP contribution in [0.3, 0.4) is 0 Å². The molecule has 8 aliphatic heterocycles. The molecule has 4 aromatic rings. The molecule has 778 valence electrons. The molecule has 8 spiro atoms. The third-order valence-corrected chi connectivity index (χ3v) is 42.0. The van der Waals surface area contributed by atoms with E-state index >= 15 is 0 Å². The van der Waals surface area contributed by atoms with Gasteiger partial charge in [0.15, 0.2) is 0 Å². The molecular formula is C110H166ClFN11NaO15S2. The molecule has 31 heteroatoms. The standard InChI is InChI=1S/C26H35NO5S.C25H32N4O2.C25H34N2O2.C25H33NO3.C2H6O.CH3ClO2S.CH3F.5CH4.N3.Na/c1-16-4-7-18-12-20-24-8-9-26(30-2,19(13-24)15-31-33(3,28)29)23-25(24,21(18)22(16)32-23)10-11-27(20)14-17-5-6-17;1-15-3-6-17-11-19-23-7-8-25(30-2,18(12-23)13-27-28-26)22-24(23,20(17)21(15)31-22)9-10-29(19)14-16-4-5-16;1-15-3-6-17-11-19-23-7-8-25(28-2,18(12-23)13-26)22-24(23,20(17)21(15)29-22)9-10-27(19)14-16-4-5-16;1-15-3-6-17-11-19-23-7-8-25(28-2,18(12-23)14-27)22-24(23,20(17)21(15)29-22)9-10-26(19)13-16-4-5-16;1-2-3;1-5(2,3)4;1-2;;;;;;1-3-2;/h4,7,17,19-20,23H,5-6,8-15H2,1-3H3;3,6,16,18-19,22H,4-5,7-14H2,1-2H3;3,6,16,18-19,22H,4-5,7-14,26H2,1-2H3;3,6,16,18-19,22,27H,4-5,7-14H2,1-2H3;3H,2H2,1H3;1H3;1H3;5*1H4;;/q;;;;;;;;;;;;-1;+1/t19-,20-,23?,24-,25+,26?;3*18-,19-,22?,23-,24+,25?;;;;;;;;;;/m1111........../s1/i;;;;;;1D;;;;;;;. The third-order valence-electron chi connectivity index (χ3n) is 41.4. The molecule has 4 aromatic carbocycles. The fourth-order valence-electron chi connectivity index (χ4n) is 36.0.